The van der Waals surface area contributed by atoms with Crippen molar-refractivity contribution in [3.63, 3.8) is 0 Å². The number of hydrogen-bond acceptors (Lipinski definition) is 3. The molecule has 0 bridgehead atoms. The Kier molecular flexibility index (Phi) is 3.41. The van der Waals surface area contributed by atoms with Crippen molar-refractivity contribution in [2.75, 3.05) is 25.0 Å². The summed E-state index contributed by atoms with van der Waals surface area (Å²) in [6, 6.07) is 8.43. The maximum absolute atomic E-state index is 11.1. The molecular weight excluding hydrogens is 266 g/mol. The predicted molar refractivity (Wildman–Crippen MR) is 82.9 cm³/mol. The second-order valence-electron chi connectivity index (χ2n) is 5.64. The van der Waals surface area contributed by atoms with Crippen molar-refractivity contribution in [1.82, 2.24) is 9.88 Å². The van der Waals surface area contributed by atoms with E-state index in [0.717, 1.165) is 28.6 Å². The summed E-state index contributed by atoms with van der Waals surface area (Å²) in [7, 11) is 2.03. The van der Waals surface area contributed by atoms with Gasteiger partial charge < -0.3 is 14.9 Å². The molecule has 1 aliphatic heterocycles. The van der Waals surface area contributed by atoms with Crippen LogP contribution in [0.25, 0.3) is 10.9 Å². The number of likely N-dealkylation sites (tertiary alicyclic amines) is 1. The Bertz CT molecular complexity index is 686. The van der Waals surface area contributed by atoms with Gasteiger partial charge in [0.1, 0.15) is 0 Å². The van der Waals surface area contributed by atoms with Gasteiger partial charge in [0.25, 0.3) is 0 Å². The molecule has 1 N–H and O–H groups in total. The first-order chi connectivity index (χ1) is 10.1. The molecule has 1 saturated heterocycles. The zero-order valence-electron chi connectivity index (χ0n) is 12.3. The lowest BCUT2D eigenvalue weighted by Crippen LogP contribution is -2.36. The molecule has 1 aromatic carbocycles. The van der Waals surface area contributed by atoms with Crippen LogP contribution in [0.3, 0.4) is 0 Å². The van der Waals surface area contributed by atoms with Crippen LogP contribution in [-0.4, -0.2) is 47.3 Å². The fraction of sp³-hybridized carbons (Fsp3) is 0.375. The first-order valence-electron chi connectivity index (χ1n) is 7.12. The molecule has 1 amide bonds. The normalized spacial score (nSPS) is 18.2. The van der Waals surface area contributed by atoms with Crippen LogP contribution in [0.2, 0.25) is 0 Å². The third-order valence-corrected chi connectivity index (χ3v) is 4.20. The van der Waals surface area contributed by atoms with E-state index in [1.54, 1.807) is 0 Å². The Morgan fingerprint density at radius 1 is 1.48 bits per heavy atom. The van der Waals surface area contributed by atoms with E-state index in [-0.39, 0.29) is 6.04 Å². The highest BCUT2D eigenvalue weighted by Gasteiger charge is 2.29. The predicted octanol–water partition coefficient (Wildman–Crippen LogP) is 2.73. The summed E-state index contributed by atoms with van der Waals surface area (Å²) in [4.78, 5) is 19.2. The van der Waals surface area contributed by atoms with Gasteiger partial charge in [0.15, 0.2) is 0 Å². The van der Waals surface area contributed by atoms with Crippen molar-refractivity contribution in [3.8, 4) is 0 Å². The van der Waals surface area contributed by atoms with Crippen molar-refractivity contribution >= 4 is 22.7 Å². The second-order valence-corrected chi connectivity index (χ2v) is 5.64. The van der Waals surface area contributed by atoms with E-state index >= 15 is 0 Å². The molecule has 3 rings (SSSR count). The van der Waals surface area contributed by atoms with E-state index in [4.69, 9.17) is 5.11 Å². The minimum Gasteiger partial charge on any atom is -0.465 e. The molecule has 0 aliphatic carbocycles. The molecule has 0 radical (unpaired) electrons. The van der Waals surface area contributed by atoms with Gasteiger partial charge in [-0.3, -0.25) is 4.98 Å². The van der Waals surface area contributed by atoms with Gasteiger partial charge in [0.2, 0.25) is 0 Å². The summed E-state index contributed by atoms with van der Waals surface area (Å²) in [5, 5.41) is 10.2. The highest BCUT2D eigenvalue weighted by atomic mass is 16.4. The fourth-order valence-corrected chi connectivity index (χ4v) is 2.97. The van der Waals surface area contributed by atoms with Crippen LogP contribution in [0.15, 0.2) is 30.5 Å². The van der Waals surface area contributed by atoms with E-state index in [9.17, 15) is 4.79 Å². The monoisotopic (exact) mass is 285 g/mol. The topological polar surface area (TPSA) is 56.7 Å². The van der Waals surface area contributed by atoms with E-state index in [1.807, 2.05) is 32.3 Å². The Morgan fingerprint density at radius 2 is 2.29 bits per heavy atom. The Hall–Kier alpha value is -2.30. The summed E-state index contributed by atoms with van der Waals surface area (Å²) in [6.07, 6.45) is 1.90. The molecule has 5 nitrogen and oxygen atoms in total. The number of anilines is 1. The lowest BCUT2D eigenvalue weighted by Gasteiger charge is -2.27. The first-order valence-corrected chi connectivity index (χ1v) is 7.12. The summed E-state index contributed by atoms with van der Waals surface area (Å²) in [5.74, 6) is 0. The summed E-state index contributed by atoms with van der Waals surface area (Å²) in [5.41, 5.74) is 3.21. The van der Waals surface area contributed by atoms with Crippen LogP contribution >= 0.6 is 0 Å². The number of carbonyl (C=O) groups is 1. The molecule has 2 aromatic rings. The van der Waals surface area contributed by atoms with Crippen molar-refractivity contribution in [2.24, 2.45) is 0 Å². The van der Waals surface area contributed by atoms with Crippen LogP contribution in [0.4, 0.5) is 10.5 Å². The molecule has 0 saturated carbocycles. The van der Waals surface area contributed by atoms with Crippen molar-refractivity contribution in [1.29, 1.82) is 0 Å². The number of amides is 1. The lowest BCUT2D eigenvalue weighted by molar-refractivity contribution is 0.155. The molecule has 0 spiro atoms. The Labute approximate surface area is 123 Å². The number of rotatable bonds is 2. The maximum atomic E-state index is 11.1. The molecular formula is C16H19N3O2. The second kappa shape index (κ2) is 5.24. The van der Waals surface area contributed by atoms with E-state index < -0.39 is 6.09 Å². The number of hydrogen-bond donors (Lipinski definition) is 1. The minimum absolute atomic E-state index is 0.215. The first kappa shape index (κ1) is 13.7. The zero-order chi connectivity index (χ0) is 15.0. The SMILES string of the molecule is Cc1cnc2cccc(N(C)[C@H]3CCN(C(=O)O)C3)c2c1. The number of carboxylic acid groups (broad SMARTS) is 1. The third-order valence-electron chi connectivity index (χ3n) is 4.20. The van der Waals surface area contributed by atoms with Crippen LogP contribution < -0.4 is 4.90 Å². The average Bonchev–Trinajstić information content (AvgIpc) is 2.96. The van der Waals surface area contributed by atoms with Gasteiger partial charge in [-0.25, -0.2) is 4.79 Å². The van der Waals surface area contributed by atoms with Gasteiger partial charge in [-0.05, 0) is 37.1 Å². The fourth-order valence-electron chi connectivity index (χ4n) is 2.97. The number of benzene rings is 1. The van der Waals surface area contributed by atoms with Crippen LogP contribution in [-0.2, 0) is 0 Å². The standard InChI is InChI=1S/C16H19N3O2/c1-11-8-13-14(17-9-11)4-3-5-15(13)18(2)12-6-7-19(10-12)16(20)21/h3-5,8-9,12H,6-7,10H2,1-2H3,(H,20,21)/t12-/m0/s1. The van der Waals surface area contributed by atoms with Crippen molar-refractivity contribution < 1.29 is 9.90 Å². The smallest absolute Gasteiger partial charge is 0.407 e. The zero-order valence-corrected chi connectivity index (χ0v) is 12.3. The number of likely N-dealkylation sites (N-methyl/N-ethyl adjacent to an activating group) is 1. The molecule has 1 atom stereocenters. The largest absolute Gasteiger partial charge is 0.465 e. The van der Waals surface area contributed by atoms with Gasteiger partial charge in [0, 0.05) is 43.4 Å². The quantitative estimate of drug-likeness (QED) is 0.921. The number of aromatic nitrogens is 1. The average molecular weight is 285 g/mol. The molecule has 110 valence electrons. The third kappa shape index (κ3) is 2.51. The lowest BCUT2D eigenvalue weighted by atomic mass is 10.1. The summed E-state index contributed by atoms with van der Waals surface area (Å²) >= 11 is 0. The van der Waals surface area contributed by atoms with Crippen molar-refractivity contribution in [3.05, 3.63) is 36.0 Å². The minimum atomic E-state index is -0.832. The van der Waals surface area contributed by atoms with Crippen LogP contribution in [0.5, 0.6) is 0 Å². The number of aryl methyl sites for hydroxylation is 1. The molecule has 0 unspecified atom stereocenters. The molecule has 21 heavy (non-hydrogen) atoms. The van der Waals surface area contributed by atoms with Crippen molar-refractivity contribution in [2.45, 2.75) is 19.4 Å². The number of fused-ring (bicyclic) bond motifs is 1. The molecule has 1 aromatic heterocycles. The summed E-state index contributed by atoms with van der Waals surface area (Å²) < 4.78 is 0. The Morgan fingerprint density at radius 3 is 3.00 bits per heavy atom. The highest BCUT2D eigenvalue weighted by molar-refractivity contribution is 5.92. The maximum Gasteiger partial charge on any atom is 0.407 e. The molecule has 1 aliphatic rings. The molecule has 2 heterocycles. The molecule has 5 heteroatoms. The number of pyridine rings is 1. The van der Waals surface area contributed by atoms with E-state index in [0.29, 0.717) is 13.1 Å². The highest BCUT2D eigenvalue weighted by Crippen LogP contribution is 2.29. The van der Waals surface area contributed by atoms with Gasteiger partial charge in [-0.2, -0.15) is 0 Å². The molecule has 1 fully saturated rings. The van der Waals surface area contributed by atoms with Gasteiger partial charge in [-0.1, -0.05) is 6.07 Å². The van der Waals surface area contributed by atoms with Crippen LogP contribution in [0.1, 0.15) is 12.0 Å². The van der Waals surface area contributed by atoms with Gasteiger partial charge in [0.05, 0.1) is 5.52 Å². The van der Waals surface area contributed by atoms with Crippen LogP contribution in [0, 0.1) is 6.92 Å². The van der Waals surface area contributed by atoms with E-state index in [2.05, 4.69) is 22.0 Å². The number of nitrogens with zero attached hydrogens (tertiary/aromatic N) is 3. The van der Waals surface area contributed by atoms with E-state index in [1.165, 1.54) is 4.90 Å². The van der Waals surface area contributed by atoms with Gasteiger partial charge in [-0.15, -0.1) is 0 Å². The summed E-state index contributed by atoms with van der Waals surface area (Å²) in [6.45, 7) is 3.19. The van der Waals surface area contributed by atoms with Gasteiger partial charge >= 0.3 is 6.09 Å². The Balaban J connectivity index is 1.93.